The van der Waals surface area contributed by atoms with Crippen molar-refractivity contribution in [3.63, 3.8) is 0 Å². The van der Waals surface area contributed by atoms with Crippen LogP contribution in [0.25, 0.3) is 10.8 Å². The standard InChI is InChI=1S/C18H22N2O/c1-12(19-2)11-20-18(21)17-10-16(17)15-9-5-7-13-6-3-4-8-14(13)15/h3-9,12,16-17,19H,10-11H2,1-2H3,(H,20,21). The first kappa shape index (κ1) is 14.1. The lowest BCUT2D eigenvalue weighted by Crippen LogP contribution is -2.37. The molecule has 2 aromatic rings. The van der Waals surface area contributed by atoms with E-state index in [1.54, 1.807) is 0 Å². The Balaban J connectivity index is 1.70. The third-order valence-electron chi connectivity index (χ3n) is 4.43. The number of fused-ring (bicyclic) bond motifs is 1. The average Bonchev–Trinajstić information content (AvgIpc) is 3.32. The second-order valence-electron chi connectivity index (χ2n) is 5.95. The van der Waals surface area contributed by atoms with E-state index in [9.17, 15) is 4.79 Å². The van der Waals surface area contributed by atoms with Gasteiger partial charge >= 0.3 is 0 Å². The number of nitrogens with one attached hydrogen (secondary N) is 2. The number of likely N-dealkylation sites (N-methyl/N-ethyl adjacent to an activating group) is 1. The molecule has 0 spiro atoms. The molecule has 110 valence electrons. The molecule has 0 radical (unpaired) electrons. The van der Waals surface area contributed by atoms with E-state index < -0.39 is 0 Å². The molecule has 0 aliphatic heterocycles. The molecular formula is C18H22N2O. The molecule has 0 aromatic heterocycles. The summed E-state index contributed by atoms with van der Waals surface area (Å²) in [6.07, 6.45) is 0.966. The zero-order chi connectivity index (χ0) is 14.8. The number of rotatable bonds is 5. The van der Waals surface area contributed by atoms with Crippen molar-refractivity contribution in [2.75, 3.05) is 13.6 Å². The van der Waals surface area contributed by atoms with Crippen molar-refractivity contribution in [1.82, 2.24) is 10.6 Å². The van der Waals surface area contributed by atoms with Gasteiger partial charge in [-0.15, -0.1) is 0 Å². The summed E-state index contributed by atoms with van der Waals surface area (Å²) >= 11 is 0. The molecule has 0 bridgehead atoms. The van der Waals surface area contributed by atoms with Crippen LogP contribution in [-0.4, -0.2) is 25.5 Å². The number of carbonyl (C=O) groups is 1. The predicted octanol–water partition coefficient (Wildman–Crippen LogP) is 2.67. The number of amides is 1. The second kappa shape index (κ2) is 5.86. The van der Waals surface area contributed by atoms with Crippen molar-refractivity contribution in [1.29, 1.82) is 0 Å². The summed E-state index contributed by atoms with van der Waals surface area (Å²) in [5.74, 6) is 0.705. The molecule has 1 aliphatic carbocycles. The van der Waals surface area contributed by atoms with Crippen molar-refractivity contribution in [3.8, 4) is 0 Å². The van der Waals surface area contributed by atoms with E-state index in [1.165, 1.54) is 16.3 Å². The minimum atomic E-state index is 0.139. The van der Waals surface area contributed by atoms with E-state index in [0.29, 0.717) is 18.5 Å². The molecule has 3 unspecified atom stereocenters. The zero-order valence-electron chi connectivity index (χ0n) is 12.6. The predicted molar refractivity (Wildman–Crippen MR) is 86.3 cm³/mol. The first-order chi connectivity index (χ1) is 10.2. The van der Waals surface area contributed by atoms with Crippen LogP contribution in [0.15, 0.2) is 42.5 Å². The quantitative estimate of drug-likeness (QED) is 0.885. The Bertz CT molecular complexity index is 647. The average molecular weight is 282 g/mol. The van der Waals surface area contributed by atoms with Crippen molar-refractivity contribution < 1.29 is 4.79 Å². The Labute approximate surface area is 125 Å². The van der Waals surface area contributed by atoms with Gasteiger partial charge < -0.3 is 10.6 Å². The van der Waals surface area contributed by atoms with Gasteiger partial charge in [0.15, 0.2) is 0 Å². The molecular weight excluding hydrogens is 260 g/mol. The summed E-state index contributed by atoms with van der Waals surface area (Å²) in [4.78, 5) is 12.2. The Kier molecular flexibility index (Phi) is 3.93. The number of benzene rings is 2. The largest absolute Gasteiger partial charge is 0.354 e. The third kappa shape index (κ3) is 2.93. The van der Waals surface area contributed by atoms with E-state index in [2.05, 4.69) is 60.0 Å². The summed E-state index contributed by atoms with van der Waals surface area (Å²) in [7, 11) is 1.91. The molecule has 2 aromatic carbocycles. The molecule has 0 saturated heterocycles. The lowest BCUT2D eigenvalue weighted by Gasteiger charge is -2.11. The molecule has 3 atom stereocenters. The van der Waals surface area contributed by atoms with E-state index >= 15 is 0 Å². The van der Waals surface area contributed by atoms with Gasteiger partial charge in [-0.1, -0.05) is 42.5 Å². The molecule has 3 heteroatoms. The number of hydrogen-bond acceptors (Lipinski definition) is 2. The first-order valence-corrected chi connectivity index (χ1v) is 7.63. The summed E-state index contributed by atoms with van der Waals surface area (Å²) in [6, 6.07) is 15.1. The van der Waals surface area contributed by atoms with Crippen LogP contribution in [0.5, 0.6) is 0 Å². The Morgan fingerprint density at radius 1 is 1.24 bits per heavy atom. The van der Waals surface area contributed by atoms with Crippen LogP contribution >= 0.6 is 0 Å². The van der Waals surface area contributed by atoms with Crippen molar-refractivity contribution in [2.45, 2.75) is 25.3 Å². The molecule has 2 N–H and O–H groups in total. The molecule has 1 aliphatic rings. The molecule has 1 saturated carbocycles. The van der Waals surface area contributed by atoms with Gasteiger partial charge in [-0.2, -0.15) is 0 Å². The van der Waals surface area contributed by atoms with E-state index in [0.717, 1.165) is 6.42 Å². The van der Waals surface area contributed by atoms with E-state index in [4.69, 9.17) is 0 Å². The van der Waals surface area contributed by atoms with Crippen LogP contribution in [0.2, 0.25) is 0 Å². The third-order valence-corrected chi connectivity index (χ3v) is 4.43. The molecule has 1 fully saturated rings. The van der Waals surface area contributed by atoms with Crippen LogP contribution in [0.3, 0.4) is 0 Å². The lowest BCUT2D eigenvalue weighted by atomic mass is 10.00. The fourth-order valence-corrected chi connectivity index (χ4v) is 2.89. The fourth-order valence-electron chi connectivity index (χ4n) is 2.89. The smallest absolute Gasteiger partial charge is 0.223 e. The summed E-state index contributed by atoms with van der Waals surface area (Å²) in [6.45, 7) is 2.75. The highest BCUT2D eigenvalue weighted by molar-refractivity contribution is 5.89. The van der Waals surface area contributed by atoms with Gasteiger partial charge in [0, 0.05) is 18.5 Å². The summed E-state index contributed by atoms with van der Waals surface area (Å²) < 4.78 is 0. The maximum Gasteiger partial charge on any atom is 0.223 e. The van der Waals surface area contributed by atoms with Crippen LogP contribution in [0, 0.1) is 5.92 Å². The normalized spacial score (nSPS) is 22.0. The van der Waals surface area contributed by atoms with Crippen LogP contribution in [0.4, 0.5) is 0 Å². The van der Waals surface area contributed by atoms with Crippen molar-refractivity contribution in [3.05, 3.63) is 48.0 Å². The van der Waals surface area contributed by atoms with Gasteiger partial charge in [-0.25, -0.2) is 0 Å². The second-order valence-corrected chi connectivity index (χ2v) is 5.95. The minimum absolute atomic E-state index is 0.139. The number of hydrogen-bond donors (Lipinski definition) is 2. The first-order valence-electron chi connectivity index (χ1n) is 7.63. The van der Waals surface area contributed by atoms with Crippen LogP contribution in [0.1, 0.15) is 24.8 Å². The Hall–Kier alpha value is -1.87. The topological polar surface area (TPSA) is 41.1 Å². The SMILES string of the molecule is CNC(C)CNC(=O)C1CC1c1cccc2ccccc12. The number of carbonyl (C=O) groups excluding carboxylic acids is 1. The Morgan fingerprint density at radius 2 is 2.00 bits per heavy atom. The monoisotopic (exact) mass is 282 g/mol. The van der Waals surface area contributed by atoms with Gasteiger partial charge in [0.2, 0.25) is 5.91 Å². The van der Waals surface area contributed by atoms with Gasteiger partial charge in [0.05, 0.1) is 0 Å². The Morgan fingerprint density at radius 3 is 2.81 bits per heavy atom. The fraction of sp³-hybridized carbons (Fsp3) is 0.389. The molecule has 1 amide bonds. The zero-order valence-corrected chi connectivity index (χ0v) is 12.6. The summed E-state index contributed by atoms with van der Waals surface area (Å²) in [5, 5.41) is 8.71. The van der Waals surface area contributed by atoms with E-state index in [-0.39, 0.29) is 11.8 Å². The van der Waals surface area contributed by atoms with Gasteiger partial charge in [0.25, 0.3) is 0 Å². The maximum atomic E-state index is 12.2. The maximum absolute atomic E-state index is 12.2. The van der Waals surface area contributed by atoms with E-state index in [1.807, 2.05) is 7.05 Å². The van der Waals surface area contributed by atoms with Crippen LogP contribution < -0.4 is 10.6 Å². The summed E-state index contributed by atoms with van der Waals surface area (Å²) in [5.41, 5.74) is 1.31. The molecule has 3 nitrogen and oxygen atoms in total. The highest BCUT2D eigenvalue weighted by atomic mass is 16.2. The highest BCUT2D eigenvalue weighted by Crippen LogP contribution is 2.49. The van der Waals surface area contributed by atoms with Crippen LogP contribution in [-0.2, 0) is 4.79 Å². The van der Waals surface area contributed by atoms with Gasteiger partial charge in [-0.05, 0) is 42.6 Å². The molecule has 3 rings (SSSR count). The highest BCUT2D eigenvalue weighted by Gasteiger charge is 2.44. The minimum Gasteiger partial charge on any atom is -0.354 e. The van der Waals surface area contributed by atoms with Gasteiger partial charge in [0.1, 0.15) is 0 Å². The molecule has 0 heterocycles. The van der Waals surface area contributed by atoms with Crippen molar-refractivity contribution >= 4 is 16.7 Å². The lowest BCUT2D eigenvalue weighted by molar-refractivity contribution is -0.122. The van der Waals surface area contributed by atoms with Crippen molar-refractivity contribution in [2.24, 2.45) is 5.92 Å². The molecule has 21 heavy (non-hydrogen) atoms. The van der Waals surface area contributed by atoms with Gasteiger partial charge in [-0.3, -0.25) is 4.79 Å².